The zero-order chi connectivity index (χ0) is 18.7. The number of para-hydroxylation sites is 2. The van der Waals surface area contributed by atoms with Crippen molar-refractivity contribution in [3.8, 4) is 0 Å². The third-order valence-electron chi connectivity index (χ3n) is 4.43. The second-order valence-corrected chi connectivity index (χ2v) is 7.08. The minimum Gasteiger partial charge on any atom is -0.462 e. The molecular weight excluding hydrogens is 328 g/mol. The molecule has 0 fully saturated rings. The number of carbonyl (C=O) groups is 2. The number of fused-ring (bicyclic) bond motifs is 1. The highest BCUT2D eigenvalue weighted by molar-refractivity contribution is 6.07. The maximum atomic E-state index is 12.8. The van der Waals surface area contributed by atoms with E-state index in [0.29, 0.717) is 18.5 Å². The van der Waals surface area contributed by atoms with Crippen LogP contribution in [0.2, 0.25) is 0 Å². The van der Waals surface area contributed by atoms with Crippen molar-refractivity contribution in [3.63, 3.8) is 0 Å². The number of aryl methyl sites for hydroxylation is 1. The first kappa shape index (κ1) is 18.0. The molecule has 1 aliphatic rings. The fourth-order valence-electron chi connectivity index (χ4n) is 3.12. The molecule has 0 aromatic heterocycles. The molecule has 1 aliphatic heterocycles. The van der Waals surface area contributed by atoms with Gasteiger partial charge < -0.3 is 15.0 Å². The number of rotatable bonds is 5. The fraction of sp³-hybridized carbons (Fsp3) is 0.333. The van der Waals surface area contributed by atoms with E-state index >= 15 is 0 Å². The van der Waals surface area contributed by atoms with Crippen LogP contribution >= 0.6 is 0 Å². The number of nitrogens with one attached hydrogen (secondary N) is 1. The van der Waals surface area contributed by atoms with Gasteiger partial charge in [-0.2, -0.15) is 0 Å². The van der Waals surface area contributed by atoms with E-state index in [0.717, 1.165) is 16.9 Å². The molecule has 0 unspecified atom stereocenters. The number of hydrogen-bond acceptors (Lipinski definition) is 4. The van der Waals surface area contributed by atoms with Gasteiger partial charge in [0.25, 0.3) is 5.91 Å². The predicted molar refractivity (Wildman–Crippen MR) is 103 cm³/mol. The van der Waals surface area contributed by atoms with Crippen LogP contribution in [-0.2, 0) is 9.53 Å². The molecule has 1 amide bonds. The standard InChI is InChI=1S/C21H24N2O3/c1-15-8-6-9-16(14-15)19(24)26-13-7-12-23-18-11-5-4-10-17(18)22-21(2,3)20(23)25/h4-6,8-11,14,22H,7,12-13H2,1-3H3. The van der Waals surface area contributed by atoms with Crippen LogP contribution in [0.3, 0.4) is 0 Å². The van der Waals surface area contributed by atoms with Gasteiger partial charge in [-0.25, -0.2) is 4.79 Å². The quantitative estimate of drug-likeness (QED) is 0.657. The van der Waals surface area contributed by atoms with Crippen LogP contribution in [0.15, 0.2) is 48.5 Å². The molecule has 2 aromatic carbocycles. The third-order valence-corrected chi connectivity index (χ3v) is 4.43. The van der Waals surface area contributed by atoms with Crippen molar-refractivity contribution in [3.05, 3.63) is 59.7 Å². The molecule has 5 nitrogen and oxygen atoms in total. The molecule has 0 radical (unpaired) electrons. The number of esters is 1. The number of carbonyl (C=O) groups excluding carboxylic acids is 2. The molecule has 26 heavy (non-hydrogen) atoms. The van der Waals surface area contributed by atoms with Gasteiger partial charge >= 0.3 is 5.97 Å². The Morgan fingerprint density at radius 2 is 1.92 bits per heavy atom. The monoisotopic (exact) mass is 352 g/mol. The van der Waals surface area contributed by atoms with Crippen LogP contribution in [0.25, 0.3) is 0 Å². The average molecular weight is 352 g/mol. The topological polar surface area (TPSA) is 58.6 Å². The number of hydrogen-bond donors (Lipinski definition) is 1. The van der Waals surface area contributed by atoms with Crippen LogP contribution in [0, 0.1) is 6.92 Å². The minimum absolute atomic E-state index is 0.0150. The summed E-state index contributed by atoms with van der Waals surface area (Å²) in [5.74, 6) is -0.317. The Labute approximate surface area is 154 Å². The van der Waals surface area contributed by atoms with E-state index in [4.69, 9.17) is 4.74 Å². The summed E-state index contributed by atoms with van der Waals surface area (Å²) < 4.78 is 5.36. The summed E-state index contributed by atoms with van der Waals surface area (Å²) in [6, 6.07) is 15.1. The number of ether oxygens (including phenoxy) is 1. The Morgan fingerprint density at radius 3 is 2.69 bits per heavy atom. The highest BCUT2D eigenvalue weighted by Gasteiger charge is 2.38. The Bertz CT molecular complexity index is 830. The van der Waals surface area contributed by atoms with Gasteiger partial charge in [0.2, 0.25) is 0 Å². The molecule has 0 saturated heterocycles. The molecule has 136 valence electrons. The predicted octanol–water partition coefficient (Wildman–Crippen LogP) is 3.78. The average Bonchev–Trinajstić information content (AvgIpc) is 2.61. The van der Waals surface area contributed by atoms with Crippen molar-refractivity contribution in [1.82, 2.24) is 0 Å². The van der Waals surface area contributed by atoms with Gasteiger partial charge in [0.15, 0.2) is 0 Å². The van der Waals surface area contributed by atoms with E-state index in [2.05, 4.69) is 5.32 Å². The molecular formula is C21H24N2O3. The van der Waals surface area contributed by atoms with Crippen molar-refractivity contribution in [1.29, 1.82) is 0 Å². The normalized spacial score (nSPS) is 15.2. The largest absolute Gasteiger partial charge is 0.462 e. The summed E-state index contributed by atoms with van der Waals surface area (Å²) in [4.78, 5) is 26.6. The van der Waals surface area contributed by atoms with E-state index in [1.54, 1.807) is 17.0 Å². The third kappa shape index (κ3) is 3.72. The molecule has 2 aromatic rings. The van der Waals surface area contributed by atoms with Crippen LogP contribution in [0.4, 0.5) is 11.4 Å². The summed E-state index contributed by atoms with van der Waals surface area (Å²) in [5, 5.41) is 3.27. The SMILES string of the molecule is Cc1cccc(C(=O)OCCCN2C(=O)C(C)(C)Nc3ccccc32)c1. The lowest BCUT2D eigenvalue weighted by atomic mass is 9.98. The molecule has 3 rings (SSSR count). The Kier molecular flexibility index (Phi) is 4.98. The molecule has 0 saturated carbocycles. The van der Waals surface area contributed by atoms with Gasteiger partial charge in [-0.05, 0) is 51.5 Å². The summed E-state index contributed by atoms with van der Waals surface area (Å²) in [7, 11) is 0. The molecule has 0 spiro atoms. The van der Waals surface area contributed by atoms with Gasteiger partial charge in [-0.3, -0.25) is 4.79 Å². The highest BCUT2D eigenvalue weighted by Crippen LogP contribution is 2.34. The first-order chi connectivity index (χ1) is 12.4. The zero-order valence-electron chi connectivity index (χ0n) is 15.4. The van der Waals surface area contributed by atoms with Crippen LogP contribution < -0.4 is 10.2 Å². The molecule has 0 aliphatic carbocycles. The molecule has 1 N–H and O–H groups in total. The molecule has 5 heteroatoms. The van der Waals surface area contributed by atoms with Crippen molar-refractivity contribution < 1.29 is 14.3 Å². The highest BCUT2D eigenvalue weighted by atomic mass is 16.5. The van der Waals surface area contributed by atoms with Crippen LogP contribution in [-0.4, -0.2) is 30.6 Å². The number of amides is 1. The van der Waals surface area contributed by atoms with Gasteiger partial charge in [0.1, 0.15) is 5.54 Å². The minimum atomic E-state index is -0.660. The van der Waals surface area contributed by atoms with E-state index in [1.807, 2.05) is 57.2 Å². The van der Waals surface area contributed by atoms with Crippen molar-refractivity contribution >= 4 is 23.3 Å². The Hall–Kier alpha value is -2.82. The smallest absolute Gasteiger partial charge is 0.338 e. The molecule has 1 heterocycles. The maximum absolute atomic E-state index is 12.8. The van der Waals surface area contributed by atoms with Crippen molar-refractivity contribution in [2.75, 3.05) is 23.4 Å². The summed E-state index contributed by atoms with van der Waals surface area (Å²) in [6.07, 6.45) is 0.577. The lowest BCUT2D eigenvalue weighted by molar-refractivity contribution is -0.122. The maximum Gasteiger partial charge on any atom is 0.338 e. The second kappa shape index (κ2) is 7.20. The number of nitrogens with zero attached hydrogens (tertiary/aromatic N) is 1. The van der Waals surface area contributed by atoms with Crippen LogP contribution in [0.5, 0.6) is 0 Å². The van der Waals surface area contributed by atoms with Gasteiger partial charge in [0.05, 0.1) is 23.5 Å². The Morgan fingerprint density at radius 1 is 1.15 bits per heavy atom. The van der Waals surface area contributed by atoms with Crippen LogP contribution in [0.1, 0.15) is 36.2 Å². The zero-order valence-corrected chi connectivity index (χ0v) is 15.4. The summed E-state index contributed by atoms with van der Waals surface area (Å²) in [6.45, 7) is 6.45. The van der Waals surface area contributed by atoms with Gasteiger partial charge in [-0.1, -0.05) is 29.8 Å². The molecule has 0 bridgehead atoms. The first-order valence-electron chi connectivity index (χ1n) is 8.81. The van der Waals surface area contributed by atoms with E-state index in [9.17, 15) is 9.59 Å². The summed E-state index contributed by atoms with van der Waals surface area (Å²) in [5.41, 5.74) is 2.71. The van der Waals surface area contributed by atoms with Crippen molar-refractivity contribution in [2.45, 2.75) is 32.7 Å². The fourth-order valence-corrected chi connectivity index (χ4v) is 3.12. The van der Waals surface area contributed by atoms with Gasteiger partial charge in [0, 0.05) is 6.54 Å². The molecule has 0 atom stereocenters. The van der Waals surface area contributed by atoms with Crippen molar-refractivity contribution in [2.24, 2.45) is 0 Å². The Balaban J connectivity index is 1.61. The second-order valence-electron chi connectivity index (χ2n) is 7.08. The lowest BCUT2D eigenvalue weighted by Gasteiger charge is -2.40. The summed E-state index contributed by atoms with van der Waals surface area (Å²) >= 11 is 0. The first-order valence-corrected chi connectivity index (χ1v) is 8.81. The lowest BCUT2D eigenvalue weighted by Crippen LogP contribution is -2.54. The van der Waals surface area contributed by atoms with E-state index in [1.165, 1.54) is 0 Å². The van der Waals surface area contributed by atoms with Gasteiger partial charge in [-0.15, -0.1) is 0 Å². The number of benzene rings is 2. The number of anilines is 2. The van der Waals surface area contributed by atoms with E-state index < -0.39 is 5.54 Å². The van der Waals surface area contributed by atoms with E-state index in [-0.39, 0.29) is 18.5 Å².